The van der Waals surface area contributed by atoms with Crippen molar-refractivity contribution < 1.29 is 4.79 Å². The number of hydrogen-bond acceptors (Lipinski definition) is 3. The average Bonchev–Trinajstić information content (AvgIpc) is 3.22. The normalized spacial score (nSPS) is 20.2. The maximum atomic E-state index is 13.3. The minimum atomic E-state index is -0.0216. The van der Waals surface area contributed by atoms with Gasteiger partial charge in [0.1, 0.15) is 0 Å². The van der Waals surface area contributed by atoms with E-state index in [2.05, 4.69) is 36.4 Å². The minimum absolute atomic E-state index is 0.0216. The van der Waals surface area contributed by atoms with Crippen LogP contribution in [0.4, 0.5) is 0 Å². The summed E-state index contributed by atoms with van der Waals surface area (Å²) in [4.78, 5) is 15.4. The van der Waals surface area contributed by atoms with Gasteiger partial charge in [0.05, 0.1) is 12.1 Å². The highest BCUT2D eigenvalue weighted by Gasteiger charge is 2.37. The number of nitrogens with zero attached hydrogens (tertiary/aromatic N) is 3. The summed E-state index contributed by atoms with van der Waals surface area (Å²) in [5.74, 6) is 0.869. The summed E-state index contributed by atoms with van der Waals surface area (Å²) < 4.78 is 1.81. The third-order valence-corrected chi connectivity index (χ3v) is 4.80. The zero-order valence-electron chi connectivity index (χ0n) is 15.4. The number of aromatic nitrogens is 2. The first-order valence-corrected chi connectivity index (χ1v) is 9.06. The first-order valence-electron chi connectivity index (χ1n) is 9.06. The Kier molecular flexibility index (Phi) is 5.53. The molecule has 3 rings (SSSR count). The van der Waals surface area contributed by atoms with Crippen molar-refractivity contribution in [2.24, 2.45) is 18.9 Å². The van der Waals surface area contributed by atoms with Crippen LogP contribution in [0.3, 0.4) is 0 Å². The van der Waals surface area contributed by atoms with Crippen molar-refractivity contribution in [2.75, 3.05) is 19.6 Å². The quantitative estimate of drug-likeness (QED) is 0.878. The van der Waals surface area contributed by atoms with E-state index in [-0.39, 0.29) is 17.7 Å². The fraction of sp³-hybridized carbons (Fsp3) is 0.500. The van der Waals surface area contributed by atoms with Crippen molar-refractivity contribution in [3.63, 3.8) is 0 Å². The second-order valence-corrected chi connectivity index (χ2v) is 7.42. The van der Waals surface area contributed by atoms with Crippen LogP contribution in [0.15, 0.2) is 42.7 Å². The van der Waals surface area contributed by atoms with Crippen LogP contribution >= 0.6 is 0 Å². The van der Waals surface area contributed by atoms with Crippen molar-refractivity contribution in [3.8, 4) is 0 Å². The molecule has 0 saturated carbocycles. The lowest BCUT2D eigenvalue weighted by Crippen LogP contribution is -2.40. The van der Waals surface area contributed by atoms with Crippen LogP contribution in [0.25, 0.3) is 0 Å². The number of carbonyl (C=O) groups excluding carboxylic acids is 1. The Balaban J connectivity index is 1.78. The first-order chi connectivity index (χ1) is 12.0. The molecular formula is C20H28N4O. The first kappa shape index (κ1) is 17.7. The topological polar surface area (TPSA) is 50.2 Å². The molecule has 0 spiro atoms. The van der Waals surface area contributed by atoms with E-state index in [0.717, 1.165) is 25.2 Å². The summed E-state index contributed by atoms with van der Waals surface area (Å²) in [6.07, 6.45) is 3.92. The molecule has 1 fully saturated rings. The molecule has 1 N–H and O–H groups in total. The summed E-state index contributed by atoms with van der Waals surface area (Å²) in [6.45, 7) is 7.36. The number of carbonyl (C=O) groups is 1. The Bertz CT molecular complexity index is 695. The van der Waals surface area contributed by atoms with Gasteiger partial charge in [0, 0.05) is 45.3 Å². The molecule has 0 bridgehead atoms. The molecular weight excluding hydrogens is 312 g/mol. The molecule has 25 heavy (non-hydrogen) atoms. The van der Waals surface area contributed by atoms with Gasteiger partial charge in [-0.25, -0.2) is 0 Å². The zero-order valence-corrected chi connectivity index (χ0v) is 15.4. The highest BCUT2D eigenvalue weighted by atomic mass is 16.2. The van der Waals surface area contributed by atoms with Crippen LogP contribution < -0.4 is 5.32 Å². The van der Waals surface area contributed by atoms with E-state index >= 15 is 0 Å². The number of amides is 1. The molecule has 1 aromatic carbocycles. The summed E-state index contributed by atoms with van der Waals surface area (Å²) in [5.41, 5.74) is 2.33. The van der Waals surface area contributed by atoms with Crippen LogP contribution in [0.1, 0.15) is 30.9 Å². The van der Waals surface area contributed by atoms with E-state index in [1.807, 2.05) is 47.2 Å². The lowest BCUT2D eigenvalue weighted by Gasteiger charge is -2.29. The Hall–Kier alpha value is -2.14. The van der Waals surface area contributed by atoms with Crippen molar-refractivity contribution in [1.82, 2.24) is 20.0 Å². The molecule has 0 aliphatic carbocycles. The molecule has 134 valence electrons. The van der Waals surface area contributed by atoms with Crippen molar-refractivity contribution in [2.45, 2.75) is 26.3 Å². The summed E-state index contributed by atoms with van der Waals surface area (Å²) in [7, 11) is 1.92. The highest BCUT2D eigenvalue weighted by molar-refractivity contribution is 5.80. The van der Waals surface area contributed by atoms with E-state index in [0.29, 0.717) is 12.5 Å². The molecule has 0 radical (unpaired) electrons. The molecule has 2 aromatic rings. The molecule has 5 nitrogen and oxygen atoms in total. The van der Waals surface area contributed by atoms with Crippen LogP contribution in [-0.2, 0) is 18.4 Å². The zero-order chi connectivity index (χ0) is 17.8. The second-order valence-electron chi connectivity index (χ2n) is 7.42. The van der Waals surface area contributed by atoms with Gasteiger partial charge in [-0.1, -0.05) is 44.2 Å². The average molecular weight is 340 g/mol. The van der Waals surface area contributed by atoms with E-state index in [1.165, 1.54) is 5.56 Å². The molecule has 2 heterocycles. The third kappa shape index (κ3) is 4.28. The standard InChI is InChI=1S/C20H28N4O/c1-15(2)12-24(13-16-7-5-4-6-8-16)20(25)19-11-21-10-18(19)17-9-22-23(3)14-17/h4-9,14-15,18-19,21H,10-13H2,1-3H3/t18-,19+/m1/s1. The molecule has 1 amide bonds. The smallest absolute Gasteiger partial charge is 0.227 e. The predicted molar refractivity (Wildman–Crippen MR) is 99.0 cm³/mol. The van der Waals surface area contributed by atoms with Crippen LogP contribution in [-0.4, -0.2) is 40.2 Å². The van der Waals surface area contributed by atoms with Crippen molar-refractivity contribution in [1.29, 1.82) is 0 Å². The minimum Gasteiger partial charge on any atom is -0.338 e. The van der Waals surface area contributed by atoms with Crippen LogP contribution in [0.2, 0.25) is 0 Å². The number of hydrogen-bond donors (Lipinski definition) is 1. The van der Waals surface area contributed by atoms with E-state index in [4.69, 9.17) is 0 Å². The van der Waals surface area contributed by atoms with Gasteiger partial charge in [-0.2, -0.15) is 5.10 Å². The highest BCUT2D eigenvalue weighted by Crippen LogP contribution is 2.30. The third-order valence-electron chi connectivity index (χ3n) is 4.80. The molecule has 1 aromatic heterocycles. The van der Waals surface area contributed by atoms with Crippen LogP contribution in [0.5, 0.6) is 0 Å². The van der Waals surface area contributed by atoms with Crippen LogP contribution in [0, 0.1) is 11.8 Å². The summed E-state index contributed by atoms with van der Waals surface area (Å²) >= 11 is 0. The fourth-order valence-electron chi connectivity index (χ4n) is 3.63. The number of rotatable bonds is 6. The maximum absolute atomic E-state index is 13.3. The Morgan fingerprint density at radius 1 is 1.32 bits per heavy atom. The van der Waals surface area contributed by atoms with Crippen molar-refractivity contribution >= 4 is 5.91 Å². The molecule has 0 unspecified atom stereocenters. The summed E-state index contributed by atoms with van der Waals surface area (Å²) in [5, 5.41) is 7.68. The summed E-state index contributed by atoms with van der Waals surface area (Å²) in [6, 6.07) is 10.3. The van der Waals surface area contributed by atoms with E-state index in [1.54, 1.807) is 0 Å². The van der Waals surface area contributed by atoms with Gasteiger partial charge in [-0.05, 0) is 17.0 Å². The molecule has 1 aliphatic heterocycles. The SMILES string of the molecule is CC(C)CN(Cc1ccccc1)C(=O)[C@H]1CNC[C@@H]1c1cnn(C)c1. The van der Waals surface area contributed by atoms with E-state index < -0.39 is 0 Å². The van der Waals surface area contributed by atoms with Gasteiger partial charge in [0.15, 0.2) is 0 Å². The van der Waals surface area contributed by atoms with Gasteiger partial charge in [-0.3, -0.25) is 9.48 Å². The Morgan fingerprint density at radius 2 is 2.08 bits per heavy atom. The number of nitrogens with one attached hydrogen (secondary N) is 1. The molecule has 2 atom stereocenters. The Morgan fingerprint density at radius 3 is 2.72 bits per heavy atom. The van der Waals surface area contributed by atoms with E-state index in [9.17, 15) is 4.79 Å². The lowest BCUT2D eigenvalue weighted by molar-refractivity contribution is -0.136. The largest absolute Gasteiger partial charge is 0.338 e. The second kappa shape index (κ2) is 7.83. The molecule has 5 heteroatoms. The Labute approximate surface area is 150 Å². The fourth-order valence-corrected chi connectivity index (χ4v) is 3.63. The van der Waals surface area contributed by atoms with Gasteiger partial charge < -0.3 is 10.2 Å². The van der Waals surface area contributed by atoms with Gasteiger partial charge in [0.25, 0.3) is 0 Å². The van der Waals surface area contributed by atoms with Gasteiger partial charge in [-0.15, -0.1) is 0 Å². The lowest BCUT2D eigenvalue weighted by atomic mass is 9.89. The molecule has 1 saturated heterocycles. The molecule has 1 aliphatic rings. The van der Waals surface area contributed by atoms with Gasteiger partial charge in [0.2, 0.25) is 5.91 Å². The van der Waals surface area contributed by atoms with Crippen molar-refractivity contribution in [3.05, 3.63) is 53.9 Å². The monoisotopic (exact) mass is 340 g/mol. The number of benzene rings is 1. The van der Waals surface area contributed by atoms with Gasteiger partial charge >= 0.3 is 0 Å². The maximum Gasteiger partial charge on any atom is 0.227 e. The predicted octanol–water partition coefficient (Wildman–Crippen LogP) is 2.41. The number of aryl methyl sites for hydroxylation is 1.